The number of nitrogens with one attached hydrogen (secondary N) is 1. The third-order valence-electron chi connectivity index (χ3n) is 3.66. The quantitative estimate of drug-likeness (QED) is 0.769. The average molecular weight is 323 g/mol. The van der Waals surface area contributed by atoms with Gasteiger partial charge in [-0.2, -0.15) is 0 Å². The van der Waals surface area contributed by atoms with Gasteiger partial charge in [-0.1, -0.05) is 13.0 Å². The zero-order valence-corrected chi connectivity index (χ0v) is 13.8. The zero-order valence-electron chi connectivity index (χ0n) is 13.8. The van der Waals surface area contributed by atoms with Gasteiger partial charge in [-0.05, 0) is 12.0 Å². The molecular weight excluding hydrogens is 298 g/mol. The van der Waals surface area contributed by atoms with E-state index in [4.69, 9.17) is 14.2 Å². The van der Waals surface area contributed by atoms with Crippen LogP contribution in [0.2, 0.25) is 0 Å². The first-order chi connectivity index (χ1) is 11.2. The van der Waals surface area contributed by atoms with Gasteiger partial charge in [-0.3, -0.25) is 0 Å². The maximum atomic E-state index is 12.2. The van der Waals surface area contributed by atoms with Gasteiger partial charge in [0.2, 0.25) is 5.88 Å². The minimum absolute atomic E-state index is 0.0628. The third kappa shape index (κ3) is 5.69. The Morgan fingerprint density at radius 2 is 2.35 bits per heavy atom. The summed E-state index contributed by atoms with van der Waals surface area (Å²) in [5.74, 6) is 0.552. The van der Waals surface area contributed by atoms with E-state index in [1.165, 1.54) is 0 Å². The van der Waals surface area contributed by atoms with E-state index in [0.29, 0.717) is 45.3 Å². The van der Waals surface area contributed by atoms with E-state index in [1.807, 2.05) is 6.07 Å². The first-order valence-electron chi connectivity index (χ1n) is 7.94. The summed E-state index contributed by atoms with van der Waals surface area (Å²) < 4.78 is 15.9. The van der Waals surface area contributed by atoms with Crippen molar-refractivity contribution in [2.24, 2.45) is 0 Å². The predicted molar refractivity (Wildman–Crippen MR) is 85.4 cm³/mol. The molecule has 0 spiro atoms. The summed E-state index contributed by atoms with van der Waals surface area (Å²) in [4.78, 5) is 18.2. The van der Waals surface area contributed by atoms with Crippen LogP contribution in [0.5, 0.6) is 5.88 Å². The van der Waals surface area contributed by atoms with Crippen LogP contribution in [-0.4, -0.2) is 62.0 Å². The highest BCUT2D eigenvalue weighted by Gasteiger charge is 2.22. The summed E-state index contributed by atoms with van der Waals surface area (Å²) in [6.07, 6.45) is 2.76. The largest absolute Gasteiger partial charge is 0.475 e. The van der Waals surface area contributed by atoms with Crippen LogP contribution in [0.1, 0.15) is 18.9 Å². The maximum Gasteiger partial charge on any atom is 0.317 e. The van der Waals surface area contributed by atoms with Crippen molar-refractivity contribution in [3.63, 3.8) is 0 Å². The number of nitrogens with zero attached hydrogens (tertiary/aromatic N) is 2. The standard InChI is InChI=1S/C16H25N3O4/c1-3-14-12-19(6-7-22-14)16(20)18-11-13-4-5-15(17-10-13)23-9-8-21-2/h4-5,10,14H,3,6-9,11-12H2,1-2H3,(H,18,20). The van der Waals surface area contributed by atoms with Gasteiger partial charge in [0.1, 0.15) is 6.61 Å². The van der Waals surface area contributed by atoms with E-state index in [9.17, 15) is 4.79 Å². The van der Waals surface area contributed by atoms with Crippen molar-refractivity contribution in [2.45, 2.75) is 26.0 Å². The molecule has 0 aromatic carbocycles. The summed E-state index contributed by atoms with van der Waals surface area (Å²) in [6, 6.07) is 3.62. The molecule has 1 aromatic rings. The van der Waals surface area contributed by atoms with Crippen LogP contribution in [-0.2, 0) is 16.0 Å². The molecule has 23 heavy (non-hydrogen) atoms. The Labute approximate surface area is 136 Å². The van der Waals surface area contributed by atoms with Crippen LogP contribution in [0.15, 0.2) is 18.3 Å². The van der Waals surface area contributed by atoms with E-state index >= 15 is 0 Å². The van der Waals surface area contributed by atoms with E-state index < -0.39 is 0 Å². The van der Waals surface area contributed by atoms with Gasteiger partial charge in [0.15, 0.2) is 0 Å². The lowest BCUT2D eigenvalue weighted by Crippen LogP contribution is -2.49. The number of ether oxygens (including phenoxy) is 3. The normalized spacial score (nSPS) is 17.8. The van der Waals surface area contributed by atoms with E-state index in [-0.39, 0.29) is 12.1 Å². The molecule has 2 rings (SSSR count). The zero-order chi connectivity index (χ0) is 16.5. The van der Waals surface area contributed by atoms with Crippen molar-refractivity contribution in [1.82, 2.24) is 15.2 Å². The number of urea groups is 1. The van der Waals surface area contributed by atoms with Crippen LogP contribution < -0.4 is 10.1 Å². The molecular formula is C16H25N3O4. The van der Waals surface area contributed by atoms with Crippen molar-refractivity contribution in [3.8, 4) is 5.88 Å². The van der Waals surface area contributed by atoms with Gasteiger partial charge in [0.05, 0.1) is 19.3 Å². The fourth-order valence-corrected chi connectivity index (χ4v) is 2.27. The van der Waals surface area contributed by atoms with Crippen molar-refractivity contribution in [2.75, 3.05) is 40.0 Å². The number of carbonyl (C=O) groups excluding carboxylic acids is 1. The van der Waals surface area contributed by atoms with Crippen molar-refractivity contribution < 1.29 is 19.0 Å². The number of aromatic nitrogens is 1. The smallest absolute Gasteiger partial charge is 0.317 e. The molecule has 1 fully saturated rings. The molecule has 1 aliphatic heterocycles. The Morgan fingerprint density at radius 1 is 1.48 bits per heavy atom. The second kappa shape index (κ2) is 9.32. The van der Waals surface area contributed by atoms with Crippen molar-refractivity contribution >= 4 is 6.03 Å². The highest BCUT2D eigenvalue weighted by atomic mass is 16.5. The maximum absolute atomic E-state index is 12.2. The van der Waals surface area contributed by atoms with Gasteiger partial charge in [-0.15, -0.1) is 0 Å². The van der Waals surface area contributed by atoms with Crippen LogP contribution in [0.25, 0.3) is 0 Å². The average Bonchev–Trinajstić information content (AvgIpc) is 2.61. The molecule has 1 unspecified atom stereocenters. The SMILES string of the molecule is CCC1CN(C(=O)NCc2ccc(OCCOC)nc2)CCO1. The number of pyridine rings is 1. The lowest BCUT2D eigenvalue weighted by atomic mass is 10.2. The molecule has 0 aliphatic carbocycles. The fourth-order valence-electron chi connectivity index (χ4n) is 2.27. The Kier molecular flexibility index (Phi) is 7.09. The molecule has 0 saturated carbocycles. The summed E-state index contributed by atoms with van der Waals surface area (Å²) in [7, 11) is 1.62. The molecule has 128 valence electrons. The van der Waals surface area contributed by atoms with Gasteiger partial charge in [-0.25, -0.2) is 9.78 Å². The highest BCUT2D eigenvalue weighted by molar-refractivity contribution is 5.74. The second-order valence-corrected chi connectivity index (χ2v) is 5.35. The minimum atomic E-state index is -0.0628. The van der Waals surface area contributed by atoms with Crippen LogP contribution in [0.3, 0.4) is 0 Å². The predicted octanol–water partition coefficient (Wildman–Crippen LogP) is 1.43. The Morgan fingerprint density at radius 3 is 3.04 bits per heavy atom. The lowest BCUT2D eigenvalue weighted by molar-refractivity contribution is -0.0154. The van der Waals surface area contributed by atoms with E-state index in [2.05, 4.69) is 17.2 Å². The monoisotopic (exact) mass is 323 g/mol. The summed E-state index contributed by atoms with van der Waals surface area (Å²) >= 11 is 0. The van der Waals surface area contributed by atoms with Crippen LogP contribution >= 0.6 is 0 Å². The summed E-state index contributed by atoms with van der Waals surface area (Å²) in [5.41, 5.74) is 0.928. The second-order valence-electron chi connectivity index (χ2n) is 5.35. The molecule has 7 heteroatoms. The summed E-state index contributed by atoms with van der Waals surface area (Å²) in [5, 5.41) is 2.92. The molecule has 7 nitrogen and oxygen atoms in total. The van der Waals surface area contributed by atoms with Gasteiger partial charge >= 0.3 is 6.03 Å². The van der Waals surface area contributed by atoms with Gasteiger partial charge < -0.3 is 24.4 Å². The van der Waals surface area contributed by atoms with Crippen molar-refractivity contribution in [3.05, 3.63) is 23.9 Å². The third-order valence-corrected chi connectivity index (χ3v) is 3.66. The molecule has 1 N–H and O–H groups in total. The fraction of sp³-hybridized carbons (Fsp3) is 0.625. The Balaban J connectivity index is 1.75. The number of carbonyl (C=O) groups is 1. The molecule has 1 atom stereocenters. The number of amides is 2. The molecule has 0 bridgehead atoms. The van der Waals surface area contributed by atoms with Gasteiger partial charge in [0, 0.05) is 39.0 Å². The minimum Gasteiger partial charge on any atom is -0.475 e. The molecule has 0 radical (unpaired) electrons. The topological polar surface area (TPSA) is 72.9 Å². The molecule has 1 saturated heterocycles. The molecule has 1 aliphatic rings. The Bertz CT molecular complexity index is 481. The first kappa shape index (κ1) is 17.5. The van der Waals surface area contributed by atoms with E-state index in [0.717, 1.165) is 12.0 Å². The van der Waals surface area contributed by atoms with Gasteiger partial charge in [0.25, 0.3) is 0 Å². The highest BCUT2D eigenvalue weighted by Crippen LogP contribution is 2.10. The number of hydrogen-bond donors (Lipinski definition) is 1. The Hall–Kier alpha value is -1.86. The lowest BCUT2D eigenvalue weighted by Gasteiger charge is -2.32. The van der Waals surface area contributed by atoms with Crippen LogP contribution in [0, 0.1) is 0 Å². The number of rotatable bonds is 7. The van der Waals surface area contributed by atoms with Crippen molar-refractivity contribution in [1.29, 1.82) is 0 Å². The molecule has 2 amide bonds. The number of hydrogen-bond acceptors (Lipinski definition) is 5. The van der Waals surface area contributed by atoms with E-state index in [1.54, 1.807) is 24.3 Å². The summed E-state index contributed by atoms with van der Waals surface area (Å²) in [6.45, 7) is 5.38. The molecule has 1 aromatic heterocycles. The number of methoxy groups -OCH3 is 1. The first-order valence-corrected chi connectivity index (χ1v) is 7.94. The number of morpholine rings is 1. The van der Waals surface area contributed by atoms with Crippen LogP contribution in [0.4, 0.5) is 4.79 Å². The molecule has 2 heterocycles.